The van der Waals surface area contributed by atoms with Crippen molar-refractivity contribution < 1.29 is 13.9 Å². The van der Waals surface area contributed by atoms with E-state index in [1.807, 2.05) is 24.3 Å². The summed E-state index contributed by atoms with van der Waals surface area (Å²) in [6, 6.07) is 13.5. The highest BCUT2D eigenvalue weighted by Crippen LogP contribution is 2.17. The fraction of sp³-hybridized carbons (Fsp3) is 0.250. The van der Waals surface area contributed by atoms with Crippen LogP contribution in [0.25, 0.3) is 0 Å². The third kappa shape index (κ3) is 4.05. The molecule has 1 atom stereocenters. The van der Waals surface area contributed by atoms with Crippen LogP contribution in [0.1, 0.15) is 17.2 Å². The first-order chi connectivity index (χ1) is 9.69. The standard InChI is InChI=1S/C16H18FNO2/c1-19-10-12-3-2-4-15(9-12)20-11-16(18)13-5-7-14(17)8-6-13/h2-9,16H,10-11,18H2,1H3. The summed E-state index contributed by atoms with van der Waals surface area (Å²) < 4.78 is 23.6. The van der Waals surface area contributed by atoms with Gasteiger partial charge in [0, 0.05) is 7.11 Å². The number of rotatable bonds is 6. The Labute approximate surface area is 118 Å². The Morgan fingerprint density at radius 3 is 2.60 bits per heavy atom. The molecule has 2 rings (SSSR count). The lowest BCUT2D eigenvalue weighted by Gasteiger charge is -2.14. The lowest BCUT2D eigenvalue weighted by molar-refractivity contribution is 0.184. The molecule has 0 amide bonds. The van der Waals surface area contributed by atoms with Crippen molar-refractivity contribution >= 4 is 0 Å². The van der Waals surface area contributed by atoms with Crippen LogP contribution in [0.3, 0.4) is 0 Å². The predicted octanol–water partition coefficient (Wildman–Crippen LogP) is 3.05. The van der Waals surface area contributed by atoms with Crippen molar-refractivity contribution in [1.82, 2.24) is 0 Å². The molecular weight excluding hydrogens is 257 g/mol. The molecule has 0 heterocycles. The van der Waals surface area contributed by atoms with Crippen LogP contribution in [-0.2, 0) is 11.3 Å². The van der Waals surface area contributed by atoms with Crippen molar-refractivity contribution in [3.63, 3.8) is 0 Å². The van der Waals surface area contributed by atoms with Crippen LogP contribution in [0.2, 0.25) is 0 Å². The first-order valence-corrected chi connectivity index (χ1v) is 6.41. The molecule has 0 aliphatic heterocycles. The van der Waals surface area contributed by atoms with Gasteiger partial charge >= 0.3 is 0 Å². The number of benzene rings is 2. The molecule has 0 radical (unpaired) electrons. The van der Waals surface area contributed by atoms with Gasteiger partial charge in [-0.2, -0.15) is 0 Å². The maximum atomic E-state index is 12.8. The molecule has 0 saturated carbocycles. The number of ether oxygens (including phenoxy) is 2. The average Bonchev–Trinajstić information content (AvgIpc) is 2.46. The Morgan fingerprint density at radius 2 is 1.90 bits per heavy atom. The van der Waals surface area contributed by atoms with Crippen molar-refractivity contribution in [3.8, 4) is 5.75 Å². The van der Waals surface area contributed by atoms with Gasteiger partial charge in [0.05, 0.1) is 12.6 Å². The lowest BCUT2D eigenvalue weighted by Crippen LogP contribution is -2.19. The van der Waals surface area contributed by atoms with E-state index in [1.54, 1.807) is 19.2 Å². The summed E-state index contributed by atoms with van der Waals surface area (Å²) >= 11 is 0. The first kappa shape index (κ1) is 14.5. The average molecular weight is 275 g/mol. The molecule has 0 aliphatic rings. The summed E-state index contributed by atoms with van der Waals surface area (Å²) in [5.74, 6) is 0.478. The minimum absolute atomic E-state index is 0.269. The molecule has 0 bridgehead atoms. The summed E-state index contributed by atoms with van der Waals surface area (Å²) in [5.41, 5.74) is 7.91. The highest BCUT2D eigenvalue weighted by atomic mass is 19.1. The van der Waals surface area contributed by atoms with Gasteiger partial charge < -0.3 is 15.2 Å². The van der Waals surface area contributed by atoms with Gasteiger partial charge in [0.25, 0.3) is 0 Å². The Bertz CT molecular complexity index is 542. The van der Waals surface area contributed by atoms with E-state index in [1.165, 1.54) is 12.1 Å². The number of nitrogens with two attached hydrogens (primary N) is 1. The Hall–Kier alpha value is -1.91. The topological polar surface area (TPSA) is 44.5 Å². The van der Waals surface area contributed by atoms with Crippen molar-refractivity contribution in [3.05, 3.63) is 65.5 Å². The molecule has 4 heteroatoms. The molecule has 0 saturated heterocycles. The van der Waals surface area contributed by atoms with Gasteiger partial charge in [-0.1, -0.05) is 24.3 Å². The second-order valence-electron chi connectivity index (χ2n) is 4.55. The Kier molecular flexibility index (Phi) is 5.09. The van der Waals surface area contributed by atoms with E-state index in [-0.39, 0.29) is 11.9 Å². The third-order valence-corrected chi connectivity index (χ3v) is 2.94. The lowest BCUT2D eigenvalue weighted by atomic mass is 10.1. The first-order valence-electron chi connectivity index (χ1n) is 6.41. The van der Waals surface area contributed by atoms with Crippen molar-refractivity contribution in [2.24, 2.45) is 5.73 Å². The Balaban J connectivity index is 1.94. The second kappa shape index (κ2) is 7.03. The number of methoxy groups -OCH3 is 1. The fourth-order valence-electron chi connectivity index (χ4n) is 1.88. The van der Waals surface area contributed by atoms with Crippen LogP contribution in [0.4, 0.5) is 4.39 Å². The van der Waals surface area contributed by atoms with E-state index in [2.05, 4.69) is 0 Å². The molecule has 2 aromatic rings. The monoisotopic (exact) mass is 275 g/mol. The van der Waals surface area contributed by atoms with Crippen LogP contribution in [-0.4, -0.2) is 13.7 Å². The van der Waals surface area contributed by atoms with Crippen molar-refractivity contribution in [1.29, 1.82) is 0 Å². The zero-order valence-electron chi connectivity index (χ0n) is 11.4. The molecule has 0 fully saturated rings. The van der Waals surface area contributed by atoms with Gasteiger partial charge in [0.15, 0.2) is 0 Å². The molecular formula is C16H18FNO2. The summed E-state index contributed by atoms with van der Waals surface area (Å²) in [6.45, 7) is 0.878. The molecule has 3 nitrogen and oxygen atoms in total. The van der Waals surface area contributed by atoms with E-state index >= 15 is 0 Å². The van der Waals surface area contributed by atoms with Crippen LogP contribution in [0, 0.1) is 5.82 Å². The molecule has 2 aromatic carbocycles. The van der Waals surface area contributed by atoms with E-state index in [0.717, 1.165) is 16.9 Å². The van der Waals surface area contributed by atoms with Gasteiger partial charge in [0.2, 0.25) is 0 Å². The minimum atomic E-state index is -0.290. The van der Waals surface area contributed by atoms with E-state index < -0.39 is 0 Å². The second-order valence-corrected chi connectivity index (χ2v) is 4.55. The maximum Gasteiger partial charge on any atom is 0.123 e. The zero-order valence-corrected chi connectivity index (χ0v) is 11.4. The summed E-state index contributed by atoms with van der Waals surface area (Å²) in [6.07, 6.45) is 0. The van der Waals surface area contributed by atoms with Crippen LogP contribution in [0.15, 0.2) is 48.5 Å². The van der Waals surface area contributed by atoms with Crippen LogP contribution >= 0.6 is 0 Å². The molecule has 2 N–H and O–H groups in total. The van der Waals surface area contributed by atoms with Crippen LogP contribution < -0.4 is 10.5 Å². The molecule has 0 aliphatic carbocycles. The molecule has 1 unspecified atom stereocenters. The number of hydrogen-bond acceptors (Lipinski definition) is 3. The van der Waals surface area contributed by atoms with E-state index in [4.69, 9.17) is 15.2 Å². The van der Waals surface area contributed by atoms with Gasteiger partial charge in [-0.15, -0.1) is 0 Å². The zero-order chi connectivity index (χ0) is 14.4. The van der Waals surface area contributed by atoms with Crippen LogP contribution in [0.5, 0.6) is 5.75 Å². The van der Waals surface area contributed by atoms with Crippen molar-refractivity contribution in [2.75, 3.05) is 13.7 Å². The summed E-state index contributed by atoms with van der Waals surface area (Å²) in [7, 11) is 1.65. The van der Waals surface area contributed by atoms with Gasteiger partial charge in [-0.25, -0.2) is 4.39 Å². The van der Waals surface area contributed by atoms with Gasteiger partial charge in [-0.05, 0) is 35.4 Å². The Morgan fingerprint density at radius 1 is 1.15 bits per heavy atom. The largest absolute Gasteiger partial charge is 0.492 e. The smallest absolute Gasteiger partial charge is 0.123 e. The highest BCUT2D eigenvalue weighted by Gasteiger charge is 2.07. The third-order valence-electron chi connectivity index (χ3n) is 2.94. The molecule has 106 valence electrons. The maximum absolute atomic E-state index is 12.8. The predicted molar refractivity (Wildman–Crippen MR) is 76.0 cm³/mol. The molecule has 20 heavy (non-hydrogen) atoms. The molecule has 0 spiro atoms. The SMILES string of the molecule is COCc1cccc(OCC(N)c2ccc(F)cc2)c1. The van der Waals surface area contributed by atoms with Gasteiger partial charge in [-0.3, -0.25) is 0 Å². The number of hydrogen-bond donors (Lipinski definition) is 1. The summed E-state index contributed by atoms with van der Waals surface area (Å²) in [5, 5.41) is 0. The normalized spacial score (nSPS) is 12.2. The van der Waals surface area contributed by atoms with Gasteiger partial charge in [0.1, 0.15) is 18.2 Å². The summed E-state index contributed by atoms with van der Waals surface area (Å²) in [4.78, 5) is 0. The van der Waals surface area contributed by atoms with E-state index in [0.29, 0.717) is 13.2 Å². The number of halogens is 1. The van der Waals surface area contributed by atoms with Crippen molar-refractivity contribution in [2.45, 2.75) is 12.6 Å². The minimum Gasteiger partial charge on any atom is -0.492 e. The van der Waals surface area contributed by atoms with E-state index in [9.17, 15) is 4.39 Å². The quantitative estimate of drug-likeness (QED) is 0.881. The fourth-order valence-corrected chi connectivity index (χ4v) is 1.88. The molecule has 0 aromatic heterocycles. The highest BCUT2D eigenvalue weighted by molar-refractivity contribution is 5.28.